The van der Waals surface area contributed by atoms with Gasteiger partial charge in [-0.25, -0.2) is 8.42 Å². The molecule has 3 nitrogen and oxygen atoms in total. The molecule has 0 N–H and O–H groups in total. The maximum atomic E-state index is 12.0. The van der Waals surface area contributed by atoms with Crippen molar-refractivity contribution in [3.05, 3.63) is 21.3 Å². The first-order chi connectivity index (χ1) is 7.52. The fourth-order valence-corrected chi connectivity index (χ4v) is 4.94. The van der Waals surface area contributed by atoms with Gasteiger partial charge in [-0.15, -0.1) is 11.3 Å². The minimum Gasteiger partial charge on any atom is -0.292 e. The SMILES string of the molecule is O=C(c1sccc1Cl)C1CCCCS1(=O)=O. The molecule has 1 aromatic rings. The van der Waals surface area contributed by atoms with Crippen molar-refractivity contribution in [1.82, 2.24) is 0 Å². The molecule has 0 radical (unpaired) electrons. The number of rotatable bonds is 2. The first-order valence-electron chi connectivity index (χ1n) is 5.01. The highest BCUT2D eigenvalue weighted by molar-refractivity contribution is 7.92. The van der Waals surface area contributed by atoms with Crippen LogP contribution in [0.15, 0.2) is 11.4 Å². The van der Waals surface area contributed by atoms with E-state index in [0.29, 0.717) is 22.7 Å². The van der Waals surface area contributed by atoms with E-state index in [4.69, 9.17) is 11.6 Å². The van der Waals surface area contributed by atoms with Gasteiger partial charge in [0.05, 0.1) is 15.7 Å². The van der Waals surface area contributed by atoms with Crippen LogP contribution in [-0.2, 0) is 9.84 Å². The van der Waals surface area contributed by atoms with E-state index < -0.39 is 15.1 Å². The van der Waals surface area contributed by atoms with Crippen LogP contribution in [0.3, 0.4) is 0 Å². The smallest absolute Gasteiger partial charge is 0.192 e. The minimum atomic E-state index is -3.27. The zero-order chi connectivity index (χ0) is 11.8. The van der Waals surface area contributed by atoms with E-state index >= 15 is 0 Å². The highest BCUT2D eigenvalue weighted by Gasteiger charge is 2.36. The lowest BCUT2D eigenvalue weighted by Gasteiger charge is -2.20. The van der Waals surface area contributed by atoms with Crippen LogP contribution >= 0.6 is 22.9 Å². The van der Waals surface area contributed by atoms with Gasteiger partial charge in [-0.1, -0.05) is 18.0 Å². The average molecular weight is 279 g/mol. The molecule has 88 valence electrons. The predicted octanol–water partition coefficient (Wildman–Crippen LogP) is 2.55. The Morgan fingerprint density at radius 3 is 2.75 bits per heavy atom. The van der Waals surface area contributed by atoms with Crippen LogP contribution in [0, 0.1) is 0 Å². The van der Waals surface area contributed by atoms with Crippen LogP contribution in [-0.4, -0.2) is 25.2 Å². The number of sulfone groups is 1. The Morgan fingerprint density at radius 2 is 2.19 bits per heavy atom. The van der Waals surface area contributed by atoms with Crippen LogP contribution in [0.1, 0.15) is 28.9 Å². The van der Waals surface area contributed by atoms with Crippen LogP contribution in [0.5, 0.6) is 0 Å². The minimum absolute atomic E-state index is 0.117. The number of hydrogen-bond donors (Lipinski definition) is 0. The van der Waals surface area contributed by atoms with Crippen molar-refractivity contribution in [3.8, 4) is 0 Å². The molecule has 0 saturated carbocycles. The number of hydrogen-bond acceptors (Lipinski definition) is 4. The lowest BCUT2D eigenvalue weighted by atomic mass is 10.1. The number of carbonyl (C=O) groups excluding carboxylic acids is 1. The van der Waals surface area contributed by atoms with Crippen LogP contribution in [0.25, 0.3) is 0 Å². The first kappa shape index (κ1) is 12.1. The molecular formula is C10H11ClO3S2. The second kappa shape index (κ2) is 4.47. The van der Waals surface area contributed by atoms with Crippen molar-refractivity contribution >= 4 is 38.6 Å². The number of Topliss-reactive ketones (excluding diaryl/α,β-unsaturated/α-hetero) is 1. The topological polar surface area (TPSA) is 51.2 Å². The summed E-state index contributed by atoms with van der Waals surface area (Å²) in [5.41, 5.74) is 0. The van der Waals surface area contributed by atoms with Crippen molar-refractivity contribution < 1.29 is 13.2 Å². The molecule has 1 aliphatic rings. The fraction of sp³-hybridized carbons (Fsp3) is 0.500. The predicted molar refractivity (Wildman–Crippen MR) is 65.1 cm³/mol. The van der Waals surface area contributed by atoms with Crippen LogP contribution in [0.2, 0.25) is 5.02 Å². The number of carbonyl (C=O) groups is 1. The molecule has 2 heterocycles. The number of thiophene rings is 1. The Kier molecular flexibility index (Phi) is 3.37. The van der Waals surface area contributed by atoms with E-state index in [-0.39, 0.29) is 11.5 Å². The van der Waals surface area contributed by atoms with Crippen molar-refractivity contribution in [2.24, 2.45) is 0 Å². The molecule has 0 aromatic carbocycles. The lowest BCUT2D eigenvalue weighted by molar-refractivity contribution is 0.0985. The molecule has 0 aliphatic carbocycles. The molecule has 1 aliphatic heterocycles. The molecule has 16 heavy (non-hydrogen) atoms. The highest BCUT2D eigenvalue weighted by atomic mass is 35.5. The molecule has 0 spiro atoms. The van der Waals surface area contributed by atoms with Crippen molar-refractivity contribution in [1.29, 1.82) is 0 Å². The molecule has 1 saturated heterocycles. The molecule has 1 unspecified atom stereocenters. The van der Waals surface area contributed by atoms with Gasteiger partial charge < -0.3 is 0 Å². The number of ketones is 1. The summed E-state index contributed by atoms with van der Waals surface area (Å²) < 4.78 is 23.5. The third-order valence-corrected chi connectivity index (χ3v) is 6.24. The summed E-state index contributed by atoms with van der Waals surface area (Å²) in [5.74, 6) is -0.216. The second-order valence-corrected chi connectivity index (χ2v) is 7.44. The summed E-state index contributed by atoms with van der Waals surface area (Å²) in [4.78, 5) is 12.4. The van der Waals surface area contributed by atoms with E-state index in [9.17, 15) is 13.2 Å². The third kappa shape index (κ3) is 2.17. The Hall–Kier alpha value is -0.390. The largest absolute Gasteiger partial charge is 0.292 e. The number of halogens is 1. The molecule has 1 aromatic heterocycles. The van der Waals surface area contributed by atoms with Crippen molar-refractivity contribution in [2.75, 3.05) is 5.75 Å². The monoisotopic (exact) mass is 278 g/mol. The molecule has 1 atom stereocenters. The lowest BCUT2D eigenvalue weighted by Crippen LogP contribution is -2.35. The molecule has 6 heteroatoms. The van der Waals surface area contributed by atoms with Gasteiger partial charge in [0, 0.05) is 0 Å². The summed E-state index contributed by atoms with van der Waals surface area (Å²) in [7, 11) is -3.27. The molecular weight excluding hydrogens is 268 g/mol. The van der Waals surface area contributed by atoms with E-state index in [2.05, 4.69) is 0 Å². The van der Waals surface area contributed by atoms with E-state index in [0.717, 1.165) is 6.42 Å². The molecule has 0 amide bonds. The summed E-state index contributed by atoms with van der Waals surface area (Å²) >= 11 is 7.05. The summed E-state index contributed by atoms with van der Waals surface area (Å²) in [6, 6.07) is 1.62. The molecule has 0 bridgehead atoms. The Balaban J connectivity index is 2.32. The van der Waals surface area contributed by atoms with Gasteiger partial charge in [0.2, 0.25) is 0 Å². The zero-order valence-corrected chi connectivity index (χ0v) is 10.9. The quantitative estimate of drug-likeness (QED) is 0.781. The third-order valence-electron chi connectivity index (χ3n) is 2.71. The highest BCUT2D eigenvalue weighted by Crippen LogP contribution is 2.29. The van der Waals surface area contributed by atoms with Gasteiger partial charge in [0.25, 0.3) is 0 Å². The van der Waals surface area contributed by atoms with Crippen molar-refractivity contribution in [2.45, 2.75) is 24.5 Å². The van der Waals surface area contributed by atoms with Crippen LogP contribution in [0.4, 0.5) is 0 Å². The van der Waals surface area contributed by atoms with Gasteiger partial charge in [-0.05, 0) is 24.3 Å². The standard InChI is InChI=1S/C10H11ClO3S2/c11-7-4-5-15-10(7)9(12)8-3-1-2-6-16(8,13)14/h4-5,8H,1-3,6H2. The van der Waals surface area contributed by atoms with E-state index in [1.54, 1.807) is 11.4 Å². The second-order valence-electron chi connectivity index (χ2n) is 3.81. The normalized spacial score (nSPS) is 24.2. The van der Waals surface area contributed by atoms with Gasteiger partial charge in [0.1, 0.15) is 5.25 Å². The molecule has 2 rings (SSSR count). The zero-order valence-electron chi connectivity index (χ0n) is 8.48. The van der Waals surface area contributed by atoms with E-state index in [1.165, 1.54) is 11.3 Å². The Bertz CT molecular complexity index is 504. The van der Waals surface area contributed by atoms with Gasteiger partial charge in [-0.2, -0.15) is 0 Å². The summed E-state index contributed by atoms with van der Waals surface area (Å²) in [6.45, 7) is 0. The summed E-state index contributed by atoms with van der Waals surface area (Å²) in [6.07, 6.45) is 1.87. The molecule has 1 fully saturated rings. The van der Waals surface area contributed by atoms with Gasteiger partial charge >= 0.3 is 0 Å². The van der Waals surface area contributed by atoms with Crippen LogP contribution < -0.4 is 0 Å². The average Bonchev–Trinajstić information content (AvgIpc) is 2.63. The Labute approximate surface area is 103 Å². The van der Waals surface area contributed by atoms with Crippen molar-refractivity contribution in [3.63, 3.8) is 0 Å². The van der Waals surface area contributed by atoms with Gasteiger partial charge in [-0.3, -0.25) is 4.79 Å². The maximum Gasteiger partial charge on any atom is 0.192 e. The van der Waals surface area contributed by atoms with E-state index in [1.807, 2.05) is 0 Å². The maximum absolute atomic E-state index is 12.0. The Morgan fingerprint density at radius 1 is 1.44 bits per heavy atom. The van der Waals surface area contributed by atoms with Gasteiger partial charge in [0.15, 0.2) is 15.6 Å². The summed E-state index contributed by atoms with van der Waals surface area (Å²) in [5, 5.41) is 1.18. The fourth-order valence-electron chi connectivity index (χ4n) is 1.86. The first-order valence-corrected chi connectivity index (χ1v) is 7.98.